The second-order valence-corrected chi connectivity index (χ2v) is 5.54. The summed E-state index contributed by atoms with van der Waals surface area (Å²) in [6.07, 6.45) is 0. The normalized spacial score (nSPS) is 16.8. The molecule has 4 heteroatoms. The third kappa shape index (κ3) is 1.79. The Morgan fingerprint density at radius 2 is 1.90 bits per heavy atom. The summed E-state index contributed by atoms with van der Waals surface area (Å²) in [4.78, 5) is 6.83. The monoisotopic (exact) mass is 279 g/mol. The largest absolute Gasteiger partial charge is 0.489 e. The van der Waals surface area contributed by atoms with Crippen LogP contribution in [0.25, 0.3) is 11.0 Å². The van der Waals surface area contributed by atoms with Crippen molar-refractivity contribution in [2.45, 2.75) is 6.04 Å². The van der Waals surface area contributed by atoms with Gasteiger partial charge in [0.1, 0.15) is 17.9 Å². The Hall–Kier alpha value is -2.49. The van der Waals surface area contributed by atoms with E-state index in [2.05, 4.69) is 33.7 Å². The van der Waals surface area contributed by atoms with Crippen LogP contribution in [0.3, 0.4) is 0 Å². The number of rotatable bonds is 2. The Morgan fingerprint density at radius 3 is 2.67 bits per heavy atom. The van der Waals surface area contributed by atoms with E-state index in [-0.39, 0.29) is 6.04 Å². The fourth-order valence-electron chi connectivity index (χ4n) is 3.00. The molecule has 0 bridgehead atoms. The molecule has 1 aliphatic heterocycles. The van der Waals surface area contributed by atoms with Gasteiger partial charge in [0.25, 0.3) is 0 Å². The standard InChI is InChI=1S/C17H17N3O/c1-19(2)17-18-13-9-6-10-15-16(13)20(17)14(11-21-15)12-7-4-3-5-8-12/h3-10,14H,11H2,1-2H3. The Bertz CT molecular complexity index is 792. The highest BCUT2D eigenvalue weighted by atomic mass is 16.5. The maximum atomic E-state index is 5.98. The number of hydrogen-bond donors (Lipinski definition) is 0. The first-order valence-corrected chi connectivity index (χ1v) is 7.12. The van der Waals surface area contributed by atoms with Gasteiger partial charge >= 0.3 is 0 Å². The molecule has 3 aromatic rings. The van der Waals surface area contributed by atoms with Crippen LogP contribution in [0.4, 0.5) is 5.95 Å². The summed E-state index contributed by atoms with van der Waals surface area (Å²) >= 11 is 0. The van der Waals surface area contributed by atoms with E-state index in [4.69, 9.17) is 9.72 Å². The molecule has 1 aliphatic rings. The van der Waals surface area contributed by atoms with E-state index in [1.807, 2.05) is 38.4 Å². The topological polar surface area (TPSA) is 30.3 Å². The van der Waals surface area contributed by atoms with E-state index in [1.54, 1.807) is 0 Å². The van der Waals surface area contributed by atoms with Gasteiger partial charge in [0.15, 0.2) is 0 Å². The van der Waals surface area contributed by atoms with E-state index in [9.17, 15) is 0 Å². The lowest BCUT2D eigenvalue weighted by Crippen LogP contribution is -2.26. The number of ether oxygens (including phenoxy) is 1. The average Bonchev–Trinajstić information content (AvgIpc) is 2.91. The molecule has 0 saturated heterocycles. The summed E-state index contributed by atoms with van der Waals surface area (Å²) < 4.78 is 8.27. The van der Waals surface area contributed by atoms with Gasteiger partial charge in [-0.1, -0.05) is 36.4 Å². The van der Waals surface area contributed by atoms with Crippen LogP contribution in [0.2, 0.25) is 0 Å². The predicted molar refractivity (Wildman–Crippen MR) is 84.1 cm³/mol. The van der Waals surface area contributed by atoms with Crippen molar-refractivity contribution in [3.05, 3.63) is 54.1 Å². The molecule has 0 N–H and O–H groups in total. The molecule has 4 nitrogen and oxygen atoms in total. The smallest absolute Gasteiger partial charge is 0.206 e. The van der Waals surface area contributed by atoms with E-state index in [1.165, 1.54) is 5.56 Å². The van der Waals surface area contributed by atoms with Crippen molar-refractivity contribution >= 4 is 17.0 Å². The van der Waals surface area contributed by atoms with Gasteiger partial charge in [0.2, 0.25) is 5.95 Å². The number of imidazole rings is 1. The highest BCUT2D eigenvalue weighted by Crippen LogP contribution is 2.38. The van der Waals surface area contributed by atoms with Crippen molar-refractivity contribution in [2.24, 2.45) is 0 Å². The molecule has 0 radical (unpaired) electrons. The van der Waals surface area contributed by atoms with Gasteiger partial charge in [0, 0.05) is 14.1 Å². The van der Waals surface area contributed by atoms with Crippen LogP contribution in [-0.2, 0) is 0 Å². The first kappa shape index (κ1) is 12.3. The minimum atomic E-state index is 0.156. The number of para-hydroxylation sites is 1. The van der Waals surface area contributed by atoms with Crippen LogP contribution in [0, 0.1) is 0 Å². The second-order valence-electron chi connectivity index (χ2n) is 5.54. The van der Waals surface area contributed by atoms with Gasteiger partial charge in [-0.15, -0.1) is 0 Å². The minimum Gasteiger partial charge on any atom is -0.489 e. The Kier molecular flexibility index (Phi) is 2.64. The molecule has 0 fully saturated rings. The number of nitrogens with zero attached hydrogens (tertiary/aromatic N) is 3. The molecule has 0 aliphatic carbocycles. The number of hydrogen-bond acceptors (Lipinski definition) is 3. The third-order valence-corrected chi connectivity index (χ3v) is 3.95. The molecular weight excluding hydrogens is 262 g/mol. The third-order valence-electron chi connectivity index (χ3n) is 3.95. The van der Waals surface area contributed by atoms with Crippen molar-refractivity contribution in [2.75, 3.05) is 25.6 Å². The van der Waals surface area contributed by atoms with Gasteiger partial charge < -0.3 is 9.64 Å². The zero-order valence-corrected chi connectivity index (χ0v) is 12.2. The van der Waals surface area contributed by atoms with Crippen molar-refractivity contribution < 1.29 is 4.74 Å². The lowest BCUT2D eigenvalue weighted by atomic mass is 10.1. The lowest BCUT2D eigenvalue weighted by Gasteiger charge is -2.28. The van der Waals surface area contributed by atoms with Crippen molar-refractivity contribution in [1.82, 2.24) is 9.55 Å². The highest BCUT2D eigenvalue weighted by Gasteiger charge is 2.28. The van der Waals surface area contributed by atoms with Gasteiger partial charge in [-0.2, -0.15) is 0 Å². The summed E-state index contributed by atoms with van der Waals surface area (Å²) in [5.74, 6) is 1.88. The van der Waals surface area contributed by atoms with Crippen LogP contribution in [0.1, 0.15) is 11.6 Å². The van der Waals surface area contributed by atoms with Crippen LogP contribution in [-0.4, -0.2) is 30.3 Å². The van der Waals surface area contributed by atoms with Crippen molar-refractivity contribution in [1.29, 1.82) is 0 Å². The fraction of sp³-hybridized carbons (Fsp3) is 0.235. The van der Waals surface area contributed by atoms with Gasteiger partial charge in [0.05, 0.1) is 11.6 Å². The van der Waals surface area contributed by atoms with Gasteiger partial charge in [-0.3, -0.25) is 4.57 Å². The molecule has 21 heavy (non-hydrogen) atoms. The molecule has 0 saturated carbocycles. The lowest BCUT2D eigenvalue weighted by molar-refractivity contribution is 0.259. The van der Waals surface area contributed by atoms with Crippen LogP contribution >= 0.6 is 0 Å². The first-order chi connectivity index (χ1) is 10.3. The average molecular weight is 279 g/mol. The molecule has 0 spiro atoms. The van der Waals surface area contributed by atoms with Crippen molar-refractivity contribution in [3.63, 3.8) is 0 Å². The van der Waals surface area contributed by atoms with Gasteiger partial charge in [-0.05, 0) is 17.7 Å². The fourth-order valence-corrected chi connectivity index (χ4v) is 3.00. The molecule has 1 unspecified atom stereocenters. The summed E-state index contributed by atoms with van der Waals surface area (Å²) in [5.41, 5.74) is 3.31. The maximum absolute atomic E-state index is 5.98. The molecule has 1 aromatic heterocycles. The van der Waals surface area contributed by atoms with Gasteiger partial charge in [-0.25, -0.2) is 4.98 Å². The maximum Gasteiger partial charge on any atom is 0.206 e. The van der Waals surface area contributed by atoms with E-state index < -0.39 is 0 Å². The summed E-state index contributed by atoms with van der Waals surface area (Å²) in [5, 5.41) is 0. The minimum absolute atomic E-state index is 0.156. The molecular formula is C17H17N3O. The predicted octanol–water partition coefficient (Wildman–Crippen LogP) is 3.08. The molecule has 1 atom stereocenters. The van der Waals surface area contributed by atoms with Crippen molar-refractivity contribution in [3.8, 4) is 5.75 Å². The summed E-state index contributed by atoms with van der Waals surface area (Å²) in [7, 11) is 4.06. The van der Waals surface area contributed by atoms with Crippen LogP contribution < -0.4 is 9.64 Å². The van der Waals surface area contributed by atoms with Crippen LogP contribution in [0.5, 0.6) is 5.75 Å². The summed E-state index contributed by atoms with van der Waals surface area (Å²) in [6.45, 7) is 0.632. The van der Waals surface area contributed by atoms with E-state index in [0.717, 1.165) is 22.7 Å². The molecule has 0 amide bonds. The number of aromatic nitrogens is 2. The zero-order chi connectivity index (χ0) is 14.4. The Labute approximate surface area is 123 Å². The second kappa shape index (κ2) is 4.52. The summed E-state index contributed by atoms with van der Waals surface area (Å²) in [6, 6.07) is 16.7. The van der Waals surface area contributed by atoms with E-state index in [0.29, 0.717) is 6.61 Å². The molecule has 4 rings (SSSR count). The molecule has 106 valence electrons. The van der Waals surface area contributed by atoms with E-state index >= 15 is 0 Å². The molecule has 2 heterocycles. The zero-order valence-electron chi connectivity index (χ0n) is 12.2. The quantitative estimate of drug-likeness (QED) is 0.722. The first-order valence-electron chi connectivity index (χ1n) is 7.12. The highest BCUT2D eigenvalue weighted by molar-refractivity contribution is 5.86. The number of anilines is 1. The van der Waals surface area contributed by atoms with Crippen LogP contribution in [0.15, 0.2) is 48.5 Å². The SMILES string of the molecule is CN(C)c1nc2cccc3c2n1C(c1ccccc1)CO3. The Morgan fingerprint density at radius 1 is 1.10 bits per heavy atom. The molecule has 2 aromatic carbocycles. The Balaban J connectivity index is 2.01. The number of benzene rings is 2.